The van der Waals surface area contributed by atoms with E-state index in [2.05, 4.69) is 5.32 Å². The van der Waals surface area contributed by atoms with Crippen LogP contribution in [-0.4, -0.2) is 35.4 Å². The molecule has 8 heteroatoms. The van der Waals surface area contributed by atoms with E-state index in [1.807, 2.05) is 18.2 Å². The Morgan fingerprint density at radius 1 is 1.12 bits per heavy atom. The highest BCUT2D eigenvalue weighted by atomic mass is 35.5. The second-order valence-corrected chi connectivity index (χ2v) is 7.18. The van der Waals surface area contributed by atoms with Crippen LogP contribution in [0, 0.1) is 0 Å². The molecule has 1 unspecified atom stereocenters. The van der Waals surface area contributed by atoms with E-state index >= 15 is 0 Å². The van der Waals surface area contributed by atoms with E-state index in [9.17, 15) is 14.7 Å². The standard InChI is InChI=1S/C18H17Cl2NO4S/c19-13-5-7-14(8-6-13)25-9-17(22)21-16(18(23)24)11-26-10-12-3-1-2-4-15(12)20/h1-8,16H,9-11H2,(H,21,22)(H,23,24). The number of benzene rings is 2. The Morgan fingerprint density at radius 2 is 1.81 bits per heavy atom. The predicted molar refractivity (Wildman–Crippen MR) is 104 cm³/mol. The van der Waals surface area contributed by atoms with Crippen LogP contribution in [0.5, 0.6) is 5.75 Å². The van der Waals surface area contributed by atoms with Crippen molar-refractivity contribution in [2.45, 2.75) is 11.8 Å². The van der Waals surface area contributed by atoms with Gasteiger partial charge in [0.05, 0.1) is 0 Å². The van der Waals surface area contributed by atoms with Gasteiger partial charge in [-0.2, -0.15) is 11.8 Å². The molecular formula is C18H17Cl2NO4S. The van der Waals surface area contributed by atoms with E-state index in [1.165, 1.54) is 11.8 Å². The Hall–Kier alpha value is -1.89. The summed E-state index contributed by atoms with van der Waals surface area (Å²) in [6.45, 7) is -0.277. The summed E-state index contributed by atoms with van der Waals surface area (Å²) in [6, 6.07) is 12.9. The maximum Gasteiger partial charge on any atom is 0.327 e. The molecule has 0 aliphatic carbocycles. The quantitative estimate of drug-likeness (QED) is 0.652. The zero-order chi connectivity index (χ0) is 18.9. The second kappa shape index (κ2) is 10.3. The number of carbonyl (C=O) groups excluding carboxylic acids is 1. The average Bonchev–Trinajstić information content (AvgIpc) is 2.62. The molecule has 0 aromatic heterocycles. The number of carbonyl (C=O) groups is 2. The molecule has 1 atom stereocenters. The van der Waals surface area contributed by atoms with Crippen molar-refractivity contribution >= 4 is 46.8 Å². The van der Waals surface area contributed by atoms with Gasteiger partial charge in [0.15, 0.2) is 6.61 Å². The number of carboxylic acid groups (broad SMARTS) is 1. The minimum absolute atomic E-state index is 0.216. The van der Waals surface area contributed by atoms with Crippen molar-refractivity contribution in [2.75, 3.05) is 12.4 Å². The Balaban J connectivity index is 1.79. The summed E-state index contributed by atoms with van der Waals surface area (Å²) >= 11 is 13.2. The van der Waals surface area contributed by atoms with Crippen LogP contribution in [0.4, 0.5) is 0 Å². The third-order valence-corrected chi connectivity index (χ3v) is 5.02. The van der Waals surface area contributed by atoms with Gasteiger partial charge in [0, 0.05) is 21.6 Å². The van der Waals surface area contributed by atoms with Crippen molar-refractivity contribution in [3.05, 3.63) is 64.1 Å². The smallest absolute Gasteiger partial charge is 0.327 e. The predicted octanol–water partition coefficient (Wildman–Crippen LogP) is 3.88. The number of hydrogen-bond acceptors (Lipinski definition) is 4. The first-order valence-electron chi connectivity index (χ1n) is 7.67. The van der Waals surface area contributed by atoms with Crippen LogP contribution in [0.3, 0.4) is 0 Å². The summed E-state index contributed by atoms with van der Waals surface area (Å²) in [4.78, 5) is 23.3. The molecule has 0 radical (unpaired) electrons. The number of halogens is 2. The van der Waals surface area contributed by atoms with Gasteiger partial charge in [-0.25, -0.2) is 4.79 Å². The number of rotatable bonds is 9. The maximum absolute atomic E-state index is 11.9. The third-order valence-electron chi connectivity index (χ3n) is 3.32. The molecule has 1 amide bonds. The zero-order valence-corrected chi connectivity index (χ0v) is 16.0. The zero-order valence-electron chi connectivity index (χ0n) is 13.7. The molecule has 0 aliphatic rings. The number of nitrogens with one attached hydrogen (secondary N) is 1. The molecule has 138 valence electrons. The molecule has 26 heavy (non-hydrogen) atoms. The monoisotopic (exact) mass is 413 g/mol. The molecule has 0 saturated heterocycles. The molecule has 2 aromatic rings. The Kier molecular flexibility index (Phi) is 8.09. The van der Waals surface area contributed by atoms with Gasteiger partial charge in [-0.15, -0.1) is 0 Å². The fraction of sp³-hybridized carbons (Fsp3) is 0.222. The largest absolute Gasteiger partial charge is 0.484 e. The van der Waals surface area contributed by atoms with E-state index in [0.717, 1.165) is 5.56 Å². The minimum Gasteiger partial charge on any atom is -0.484 e. The Bertz CT molecular complexity index is 755. The molecule has 0 bridgehead atoms. The van der Waals surface area contributed by atoms with Crippen LogP contribution < -0.4 is 10.1 Å². The van der Waals surface area contributed by atoms with Gasteiger partial charge < -0.3 is 15.2 Å². The first-order chi connectivity index (χ1) is 12.5. The molecule has 0 heterocycles. The highest BCUT2D eigenvalue weighted by Gasteiger charge is 2.20. The number of amides is 1. The first kappa shape index (κ1) is 20.4. The van der Waals surface area contributed by atoms with Crippen molar-refractivity contribution in [1.29, 1.82) is 0 Å². The highest BCUT2D eigenvalue weighted by Crippen LogP contribution is 2.21. The second-order valence-electron chi connectivity index (χ2n) is 5.31. The lowest BCUT2D eigenvalue weighted by atomic mass is 10.2. The molecule has 0 fully saturated rings. The highest BCUT2D eigenvalue weighted by molar-refractivity contribution is 7.98. The molecule has 5 nitrogen and oxygen atoms in total. The van der Waals surface area contributed by atoms with Crippen molar-refractivity contribution < 1.29 is 19.4 Å². The molecule has 0 saturated carbocycles. The van der Waals surface area contributed by atoms with E-state index in [0.29, 0.717) is 21.5 Å². The lowest BCUT2D eigenvalue weighted by molar-refractivity contribution is -0.141. The van der Waals surface area contributed by atoms with E-state index in [-0.39, 0.29) is 12.4 Å². The van der Waals surface area contributed by atoms with Crippen molar-refractivity contribution in [1.82, 2.24) is 5.32 Å². The molecule has 2 aromatic carbocycles. The number of aliphatic carboxylic acids is 1. The van der Waals surface area contributed by atoms with Crippen LogP contribution in [0.15, 0.2) is 48.5 Å². The van der Waals surface area contributed by atoms with Crippen molar-refractivity contribution in [3.8, 4) is 5.75 Å². The topological polar surface area (TPSA) is 75.6 Å². The van der Waals surface area contributed by atoms with Crippen molar-refractivity contribution in [3.63, 3.8) is 0 Å². The van der Waals surface area contributed by atoms with Gasteiger partial charge in [-0.05, 0) is 35.9 Å². The summed E-state index contributed by atoms with van der Waals surface area (Å²) in [5, 5.41) is 12.9. The van der Waals surface area contributed by atoms with Gasteiger partial charge in [-0.1, -0.05) is 41.4 Å². The SMILES string of the molecule is O=C(COc1ccc(Cl)cc1)NC(CSCc1ccccc1Cl)C(=O)O. The van der Waals surface area contributed by atoms with E-state index < -0.39 is 17.9 Å². The van der Waals surface area contributed by atoms with Gasteiger partial charge >= 0.3 is 5.97 Å². The summed E-state index contributed by atoms with van der Waals surface area (Å²) in [7, 11) is 0. The van der Waals surface area contributed by atoms with Gasteiger partial charge in [0.25, 0.3) is 5.91 Å². The van der Waals surface area contributed by atoms with Crippen LogP contribution in [0.2, 0.25) is 10.0 Å². The van der Waals surface area contributed by atoms with E-state index in [1.54, 1.807) is 30.3 Å². The Labute approximate surface area is 165 Å². The first-order valence-corrected chi connectivity index (χ1v) is 9.58. The van der Waals surface area contributed by atoms with Gasteiger partial charge in [0.1, 0.15) is 11.8 Å². The fourth-order valence-corrected chi connectivity index (χ4v) is 3.45. The lowest BCUT2D eigenvalue weighted by Crippen LogP contribution is -2.44. The molecular weight excluding hydrogens is 397 g/mol. The number of ether oxygens (including phenoxy) is 1. The third kappa shape index (κ3) is 6.78. The lowest BCUT2D eigenvalue weighted by Gasteiger charge is -2.15. The summed E-state index contributed by atoms with van der Waals surface area (Å²) < 4.78 is 5.31. The van der Waals surface area contributed by atoms with Gasteiger partial charge in [0.2, 0.25) is 0 Å². The summed E-state index contributed by atoms with van der Waals surface area (Å²) in [5.74, 6) is -0.361. The van der Waals surface area contributed by atoms with Gasteiger partial charge in [-0.3, -0.25) is 4.79 Å². The van der Waals surface area contributed by atoms with Crippen LogP contribution in [-0.2, 0) is 15.3 Å². The number of thioether (sulfide) groups is 1. The number of hydrogen-bond donors (Lipinski definition) is 2. The van der Waals surface area contributed by atoms with Crippen LogP contribution >= 0.6 is 35.0 Å². The maximum atomic E-state index is 11.9. The van der Waals surface area contributed by atoms with Crippen LogP contribution in [0.25, 0.3) is 0 Å². The fourth-order valence-electron chi connectivity index (χ4n) is 1.99. The average molecular weight is 414 g/mol. The molecule has 0 spiro atoms. The summed E-state index contributed by atoms with van der Waals surface area (Å²) in [5.41, 5.74) is 0.917. The molecule has 2 N–H and O–H groups in total. The molecule has 2 rings (SSSR count). The molecule has 0 aliphatic heterocycles. The van der Waals surface area contributed by atoms with Crippen molar-refractivity contribution in [2.24, 2.45) is 0 Å². The Morgan fingerprint density at radius 3 is 2.46 bits per heavy atom. The summed E-state index contributed by atoms with van der Waals surface area (Å²) in [6.07, 6.45) is 0. The van der Waals surface area contributed by atoms with E-state index in [4.69, 9.17) is 27.9 Å². The van der Waals surface area contributed by atoms with Crippen LogP contribution in [0.1, 0.15) is 5.56 Å². The normalized spacial score (nSPS) is 11.6. The number of carboxylic acids is 1. The minimum atomic E-state index is -1.10.